The van der Waals surface area contributed by atoms with Gasteiger partial charge in [0.25, 0.3) is 0 Å². The van der Waals surface area contributed by atoms with Gasteiger partial charge in [-0.2, -0.15) is 5.26 Å². The molecule has 0 bridgehead atoms. The van der Waals surface area contributed by atoms with E-state index in [1.54, 1.807) is 19.1 Å². The maximum absolute atomic E-state index is 14.2. The summed E-state index contributed by atoms with van der Waals surface area (Å²) >= 11 is 0. The summed E-state index contributed by atoms with van der Waals surface area (Å²) in [5.41, 5.74) is 0.742. The Morgan fingerprint density at radius 3 is 2.67 bits per heavy atom. The van der Waals surface area contributed by atoms with Crippen molar-refractivity contribution in [3.63, 3.8) is 0 Å². The highest BCUT2D eigenvalue weighted by molar-refractivity contribution is 6.39. The van der Waals surface area contributed by atoms with E-state index >= 15 is 0 Å². The molecule has 0 aliphatic carbocycles. The molecule has 1 aromatic carbocycles. The summed E-state index contributed by atoms with van der Waals surface area (Å²) in [6.07, 6.45) is 2.22. The van der Waals surface area contributed by atoms with Gasteiger partial charge in [-0.1, -0.05) is 0 Å². The zero-order valence-electron chi connectivity index (χ0n) is 13.9. The number of rotatable bonds is 4. The Bertz CT molecular complexity index is 665. The van der Waals surface area contributed by atoms with Gasteiger partial charge in [0.2, 0.25) is 0 Å². The molecule has 0 aromatic heterocycles. The molecular formula is C17H21FN4O2. The molecule has 6 nitrogen and oxygen atoms in total. The van der Waals surface area contributed by atoms with E-state index in [1.165, 1.54) is 18.0 Å². The molecule has 1 saturated heterocycles. The molecule has 1 aliphatic rings. The van der Waals surface area contributed by atoms with Crippen LogP contribution in [0.5, 0.6) is 0 Å². The lowest BCUT2D eigenvalue weighted by Gasteiger charge is -2.22. The van der Waals surface area contributed by atoms with Crippen molar-refractivity contribution in [2.45, 2.75) is 32.2 Å². The third kappa shape index (κ3) is 4.02. The minimum absolute atomic E-state index is 0.134. The largest absolute Gasteiger partial charge is 0.369 e. The number of hydrogen-bond acceptors (Lipinski definition) is 4. The Labute approximate surface area is 140 Å². The number of anilines is 2. The highest BCUT2D eigenvalue weighted by Crippen LogP contribution is 2.26. The number of hydrogen-bond donors (Lipinski definition) is 1. The van der Waals surface area contributed by atoms with Gasteiger partial charge in [0.1, 0.15) is 5.82 Å². The van der Waals surface area contributed by atoms with Gasteiger partial charge in [0, 0.05) is 31.9 Å². The molecule has 2 rings (SSSR count). The van der Waals surface area contributed by atoms with Crippen LogP contribution >= 0.6 is 0 Å². The highest BCUT2D eigenvalue weighted by atomic mass is 19.1. The van der Waals surface area contributed by atoms with Crippen LogP contribution in [0.2, 0.25) is 0 Å². The number of amides is 2. The van der Waals surface area contributed by atoms with E-state index in [0.29, 0.717) is 5.69 Å². The second-order valence-corrected chi connectivity index (χ2v) is 5.94. The Hall–Kier alpha value is -2.62. The van der Waals surface area contributed by atoms with Gasteiger partial charge in [-0.25, -0.2) is 4.39 Å². The summed E-state index contributed by atoms with van der Waals surface area (Å²) in [5.74, 6) is -2.04. The van der Waals surface area contributed by atoms with E-state index in [1.807, 2.05) is 11.0 Å². The standard InChI is InChI=1S/C17H21FN4O2/c1-12(7-8-19)21(2)17(24)16(23)20-13-5-6-15(14(18)11-13)22-9-3-4-10-22/h5-6,11-12H,3-4,7,9-10H2,1-2H3,(H,20,23). The zero-order valence-corrected chi connectivity index (χ0v) is 13.9. The van der Waals surface area contributed by atoms with Crippen LogP contribution in [0.25, 0.3) is 0 Å². The van der Waals surface area contributed by atoms with Crippen LogP contribution in [0.3, 0.4) is 0 Å². The molecule has 1 N–H and O–H groups in total. The molecule has 2 amide bonds. The quantitative estimate of drug-likeness (QED) is 0.857. The molecule has 1 fully saturated rings. The van der Waals surface area contributed by atoms with Crippen LogP contribution in [0, 0.1) is 17.1 Å². The molecule has 1 heterocycles. The molecule has 0 radical (unpaired) electrons. The van der Waals surface area contributed by atoms with E-state index in [9.17, 15) is 14.0 Å². The van der Waals surface area contributed by atoms with Crippen molar-refractivity contribution in [2.75, 3.05) is 30.4 Å². The maximum Gasteiger partial charge on any atom is 0.313 e. The SMILES string of the molecule is CC(CC#N)N(C)C(=O)C(=O)Nc1ccc(N2CCCC2)c(F)c1. The van der Waals surface area contributed by atoms with Crippen LogP contribution in [0.4, 0.5) is 15.8 Å². The first-order chi connectivity index (χ1) is 11.4. The van der Waals surface area contributed by atoms with E-state index in [2.05, 4.69) is 5.32 Å². The molecule has 0 spiro atoms. The summed E-state index contributed by atoms with van der Waals surface area (Å²) < 4.78 is 14.2. The van der Waals surface area contributed by atoms with Gasteiger partial charge in [-0.05, 0) is 38.0 Å². The molecule has 24 heavy (non-hydrogen) atoms. The van der Waals surface area contributed by atoms with Gasteiger partial charge in [-0.15, -0.1) is 0 Å². The third-order valence-corrected chi connectivity index (χ3v) is 4.21. The number of likely N-dealkylation sites (N-methyl/N-ethyl adjacent to an activating group) is 1. The van der Waals surface area contributed by atoms with Crippen LogP contribution in [0.15, 0.2) is 18.2 Å². The lowest BCUT2D eigenvalue weighted by atomic mass is 10.2. The number of carbonyl (C=O) groups excluding carboxylic acids is 2. The average molecular weight is 332 g/mol. The van der Waals surface area contributed by atoms with Crippen molar-refractivity contribution in [3.05, 3.63) is 24.0 Å². The van der Waals surface area contributed by atoms with Gasteiger partial charge in [0.15, 0.2) is 0 Å². The zero-order chi connectivity index (χ0) is 17.7. The smallest absolute Gasteiger partial charge is 0.313 e. The summed E-state index contributed by atoms with van der Waals surface area (Å²) in [6, 6.07) is 6.00. The van der Waals surface area contributed by atoms with Gasteiger partial charge in [0.05, 0.1) is 18.2 Å². The molecular weight excluding hydrogens is 311 g/mol. The maximum atomic E-state index is 14.2. The van der Waals surface area contributed by atoms with Crippen molar-refractivity contribution < 1.29 is 14.0 Å². The Morgan fingerprint density at radius 2 is 2.08 bits per heavy atom. The minimum Gasteiger partial charge on any atom is -0.369 e. The summed E-state index contributed by atoms with van der Waals surface area (Å²) in [5, 5.41) is 11.1. The van der Waals surface area contributed by atoms with Crippen molar-refractivity contribution in [1.29, 1.82) is 5.26 Å². The molecule has 1 atom stereocenters. The van der Waals surface area contributed by atoms with E-state index in [4.69, 9.17) is 5.26 Å². The normalized spacial score (nSPS) is 14.8. The minimum atomic E-state index is -0.851. The van der Waals surface area contributed by atoms with Crippen molar-refractivity contribution in [2.24, 2.45) is 0 Å². The van der Waals surface area contributed by atoms with E-state index in [-0.39, 0.29) is 18.2 Å². The number of nitrogens with one attached hydrogen (secondary N) is 1. The van der Waals surface area contributed by atoms with Crippen LogP contribution in [-0.4, -0.2) is 42.9 Å². The van der Waals surface area contributed by atoms with E-state index in [0.717, 1.165) is 25.9 Å². The predicted molar refractivity (Wildman–Crippen MR) is 88.9 cm³/mol. The molecule has 1 unspecified atom stereocenters. The van der Waals surface area contributed by atoms with Crippen LogP contribution in [0.1, 0.15) is 26.2 Å². The summed E-state index contributed by atoms with van der Waals surface area (Å²) in [4.78, 5) is 27.2. The second kappa shape index (κ2) is 7.77. The number of benzene rings is 1. The van der Waals surface area contributed by atoms with Gasteiger partial charge >= 0.3 is 11.8 Å². The molecule has 128 valence electrons. The fourth-order valence-electron chi connectivity index (χ4n) is 2.61. The molecule has 7 heteroatoms. The fourth-order valence-corrected chi connectivity index (χ4v) is 2.61. The number of carbonyl (C=O) groups is 2. The Kier molecular flexibility index (Phi) is 5.74. The van der Waals surface area contributed by atoms with Crippen molar-refractivity contribution >= 4 is 23.2 Å². The van der Waals surface area contributed by atoms with E-state index < -0.39 is 17.6 Å². The first kappa shape index (κ1) is 17.7. The number of nitriles is 1. The number of nitrogens with zero attached hydrogens (tertiary/aromatic N) is 3. The van der Waals surface area contributed by atoms with Gasteiger partial charge < -0.3 is 15.1 Å². The average Bonchev–Trinajstić information content (AvgIpc) is 3.08. The lowest BCUT2D eigenvalue weighted by Crippen LogP contribution is -2.42. The fraction of sp³-hybridized carbons (Fsp3) is 0.471. The molecule has 1 aliphatic heterocycles. The Balaban J connectivity index is 2.02. The summed E-state index contributed by atoms with van der Waals surface area (Å²) in [6.45, 7) is 3.32. The molecule has 0 saturated carbocycles. The van der Waals surface area contributed by atoms with Crippen molar-refractivity contribution in [3.8, 4) is 6.07 Å². The monoisotopic (exact) mass is 332 g/mol. The van der Waals surface area contributed by atoms with Gasteiger partial charge in [-0.3, -0.25) is 9.59 Å². The van der Waals surface area contributed by atoms with Crippen LogP contribution in [-0.2, 0) is 9.59 Å². The lowest BCUT2D eigenvalue weighted by molar-refractivity contribution is -0.143. The topological polar surface area (TPSA) is 76.4 Å². The first-order valence-electron chi connectivity index (χ1n) is 7.93. The van der Waals surface area contributed by atoms with Crippen LogP contribution < -0.4 is 10.2 Å². The summed E-state index contributed by atoms with van der Waals surface area (Å²) in [7, 11) is 1.46. The Morgan fingerprint density at radius 1 is 1.42 bits per heavy atom. The third-order valence-electron chi connectivity index (χ3n) is 4.21. The first-order valence-corrected chi connectivity index (χ1v) is 7.93. The second-order valence-electron chi connectivity index (χ2n) is 5.94. The van der Waals surface area contributed by atoms with Crippen molar-refractivity contribution in [1.82, 2.24) is 4.90 Å². The highest BCUT2D eigenvalue weighted by Gasteiger charge is 2.23. The molecule has 1 aromatic rings. The number of halogens is 1. The predicted octanol–water partition coefficient (Wildman–Crippen LogP) is 2.12.